The normalized spacial score (nSPS) is 17.2. The highest BCUT2D eigenvalue weighted by atomic mass is 32.1. The van der Waals surface area contributed by atoms with Gasteiger partial charge in [-0.25, -0.2) is 4.98 Å². The molecule has 0 spiro atoms. The highest BCUT2D eigenvalue weighted by Crippen LogP contribution is 2.37. The first-order valence-electron chi connectivity index (χ1n) is 12.4. The largest absolute Gasteiger partial charge is 0.315 e. The van der Waals surface area contributed by atoms with Gasteiger partial charge in [0.05, 0.1) is 17.2 Å². The van der Waals surface area contributed by atoms with Crippen molar-refractivity contribution in [3.05, 3.63) is 41.8 Å². The predicted octanol–water partition coefficient (Wildman–Crippen LogP) is 5.23. The Morgan fingerprint density at radius 1 is 0.941 bits per heavy atom. The van der Waals surface area contributed by atoms with E-state index in [2.05, 4.69) is 42.8 Å². The number of anilines is 2. The zero-order valence-electron chi connectivity index (χ0n) is 19.4. The number of nitrogens with one attached hydrogen (secondary N) is 1. The molecule has 1 saturated heterocycles. The van der Waals surface area contributed by atoms with Gasteiger partial charge in [0.1, 0.15) is 10.8 Å². The molecule has 0 unspecified atom stereocenters. The van der Waals surface area contributed by atoms with Crippen molar-refractivity contribution in [1.82, 2.24) is 34.8 Å². The molecule has 176 valence electrons. The lowest BCUT2D eigenvalue weighted by Crippen LogP contribution is -2.21. The molecule has 0 amide bonds. The zero-order chi connectivity index (χ0) is 22.7. The maximum Gasteiger partial charge on any atom is 0.211 e. The molecule has 0 radical (unpaired) electrons. The summed E-state index contributed by atoms with van der Waals surface area (Å²) in [6.07, 6.45) is 14.8. The van der Waals surface area contributed by atoms with Crippen molar-refractivity contribution < 1.29 is 0 Å². The lowest BCUT2D eigenvalue weighted by molar-refractivity contribution is 0.322. The first-order chi connectivity index (χ1) is 16.8. The molecule has 5 heterocycles. The van der Waals surface area contributed by atoms with Crippen molar-refractivity contribution in [2.75, 3.05) is 25.0 Å². The van der Waals surface area contributed by atoms with Gasteiger partial charge in [-0.1, -0.05) is 24.2 Å². The Bertz CT molecular complexity index is 1250. The second-order valence-corrected chi connectivity index (χ2v) is 10.4. The van der Waals surface area contributed by atoms with E-state index in [0.717, 1.165) is 57.6 Å². The van der Waals surface area contributed by atoms with E-state index in [1.54, 1.807) is 11.3 Å². The Labute approximate surface area is 203 Å². The van der Waals surface area contributed by atoms with Gasteiger partial charge < -0.3 is 10.2 Å². The van der Waals surface area contributed by atoms with E-state index in [1.807, 2.05) is 29.2 Å². The lowest BCUT2D eigenvalue weighted by Gasteiger charge is -2.13. The second-order valence-electron chi connectivity index (χ2n) is 9.40. The standard InChI is InChI=1S/C25H30N8S/c1-2-7-18(6-1)24-30-31-25(34-24)29-23-9-8-21-22(28-23)14-19(15-26-21)20-16-27-33(17-20)13-5-12-32-10-3-4-11-32/h8-9,14-18H,1-7,10-13H2,(H,28,29,31). The van der Waals surface area contributed by atoms with Crippen LogP contribution in [0.3, 0.4) is 0 Å². The van der Waals surface area contributed by atoms with Crippen LogP contribution < -0.4 is 5.32 Å². The summed E-state index contributed by atoms with van der Waals surface area (Å²) in [7, 11) is 0. The number of likely N-dealkylation sites (tertiary alicyclic amines) is 1. The van der Waals surface area contributed by atoms with Crippen molar-refractivity contribution in [2.24, 2.45) is 0 Å². The smallest absolute Gasteiger partial charge is 0.211 e. The van der Waals surface area contributed by atoms with Crippen LogP contribution in [0.4, 0.5) is 10.9 Å². The highest BCUT2D eigenvalue weighted by Gasteiger charge is 2.21. The minimum atomic E-state index is 0.575. The molecule has 0 bridgehead atoms. The monoisotopic (exact) mass is 474 g/mol. The summed E-state index contributed by atoms with van der Waals surface area (Å²) in [6.45, 7) is 4.59. The second kappa shape index (κ2) is 9.76. The number of fused-ring (bicyclic) bond motifs is 1. The first-order valence-corrected chi connectivity index (χ1v) is 13.2. The van der Waals surface area contributed by atoms with Crippen LogP contribution in [-0.2, 0) is 6.54 Å². The minimum Gasteiger partial charge on any atom is -0.315 e. The summed E-state index contributed by atoms with van der Waals surface area (Å²) in [5.74, 6) is 1.34. The molecule has 2 aliphatic rings. The van der Waals surface area contributed by atoms with E-state index in [1.165, 1.54) is 51.6 Å². The van der Waals surface area contributed by atoms with E-state index in [-0.39, 0.29) is 0 Å². The van der Waals surface area contributed by atoms with Crippen LogP contribution in [0.2, 0.25) is 0 Å². The number of nitrogens with zero attached hydrogens (tertiary/aromatic N) is 7. The maximum atomic E-state index is 4.80. The number of hydrogen-bond donors (Lipinski definition) is 1. The van der Waals surface area contributed by atoms with Gasteiger partial charge >= 0.3 is 0 Å². The summed E-state index contributed by atoms with van der Waals surface area (Å²) in [4.78, 5) is 12.0. The molecular weight excluding hydrogens is 444 g/mol. The Morgan fingerprint density at radius 3 is 2.71 bits per heavy atom. The molecule has 1 aliphatic carbocycles. The van der Waals surface area contributed by atoms with E-state index in [9.17, 15) is 0 Å². The van der Waals surface area contributed by atoms with E-state index >= 15 is 0 Å². The van der Waals surface area contributed by atoms with Crippen LogP contribution in [0.5, 0.6) is 0 Å². The van der Waals surface area contributed by atoms with Crippen LogP contribution in [0.15, 0.2) is 36.8 Å². The first kappa shape index (κ1) is 21.6. The molecular formula is C25H30N8S. The van der Waals surface area contributed by atoms with Crippen LogP contribution in [0.25, 0.3) is 22.2 Å². The maximum absolute atomic E-state index is 4.80. The van der Waals surface area contributed by atoms with E-state index in [0.29, 0.717) is 5.92 Å². The molecule has 8 nitrogen and oxygen atoms in total. The van der Waals surface area contributed by atoms with Gasteiger partial charge in [0, 0.05) is 36.0 Å². The quantitative estimate of drug-likeness (QED) is 0.374. The SMILES string of the molecule is c1nc2ccc(Nc3nnc(C4CCCC4)s3)nc2cc1-c1cnn(CCCN2CCCC2)c1. The number of aryl methyl sites for hydroxylation is 1. The fourth-order valence-corrected chi connectivity index (χ4v) is 5.98. The Hall–Kier alpha value is -2.91. The average molecular weight is 475 g/mol. The average Bonchev–Trinajstić information content (AvgIpc) is 3.67. The van der Waals surface area contributed by atoms with Gasteiger partial charge in [-0.3, -0.25) is 9.67 Å². The van der Waals surface area contributed by atoms with Gasteiger partial charge in [-0.15, -0.1) is 10.2 Å². The van der Waals surface area contributed by atoms with Crippen molar-refractivity contribution in [2.45, 2.75) is 57.4 Å². The van der Waals surface area contributed by atoms with Gasteiger partial charge in [-0.2, -0.15) is 5.10 Å². The van der Waals surface area contributed by atoms with Crippen molar-refractivity contribution in [3.63, 3.8) is 0 Å². The van der Waals surface area contributed by atoms with Gasteiger partial charge in [0.15, 0.2) is 0 Å². The molecule has 0 atom stereocenters. The van der Waals surface area contributed by atoms with Crippen LogP contribution >= 0.6 is 11.3 Å². The van der Waals surface area contributed by atoms with Gasteiger partial charge in [-0.05, 0) is 69.9 Å². The highest BCUT2D eigenvalue weighted by molar-refractivity contribution is 7.15. The summed E-state index contributed by atoms with van der Waals surface area (Å²) in [6, 6.07) is 6.03. The molecule has 6 rings (SSSR count). The predicted molar refractivity (Wildman–Crippen MR) is 135 cm³/mol. The van der Waals surface area contributed by atoms with Crippen molar-refractivity contribution in [3.8, 4) is 11.1 Å². The zero-order valence-corrected chi connectivity index (χ0v) is 20.2. The Morgan fingerprint density at radius 2 is 1.82 bits per heavy atom. The number of rotatable bonds is 8. The fourth-order valence-electron chi connectivity index (χ4n) is 5.06. The summed E-state index contributed by atoms with van der Waals surface area (Å²) < 4.78 is 2.04. The molecule has 1 aliphatic heterocycles. The van der Waals surface area contributed by atoms with Gasteiger partial charge in [0.25, 0.3) is 0 Å². The summed E-state index contributed by atoms with van der Waals surface area (Å²) in [5.41, 5.74) is 3.82. The molecule has 1 saturated carbocycles. The van der Waals surface area contributed by atoms with Crippen molar-refractivity contribution in [1.29, 1.82) is 0 Å². The summed E-state index contributed by atoms with van der Waals surface area (Å²) in [5, 5.41) is 18.6. The fraction of sp³-hybridized carbons (Fsp3) is 0.480. The topological polar surface area (TPSA) is 84.6 Å². The van der Waals surface area contributed by atoms with Crippen LogP contribution in [-0.4, -0.2) is 54.5 Å². The number of hydrogen-bond acceptors (Lipinski definition) is 8. The van der Waals surface area contributed by atoms with Crippen LogP contribution in [0, 0.1) is 0 Å². The molecule has 9 heteroatoms. The third kappa shape index (κ3) is 4.81. The third-order valence-electron chi connectivity index (χ3n) is 6.94. The molecule has 1 N–H and O–H groups in total. The van der Waals surface area contributed by atoms with Crippen LogP contribution in [0.1, 0.15) is 55.9 Å². The molecule has 34 heavy (non-hydrogen) atoms. The van der Waals surface area contributed by atoms with Gasteiger partial charge in [0.2, 0.25) is 5.13 Å². The van der Waals surface area contributed by atoms with E-state index < -0.39 is 0 Å². The number of pyridine rings is 2. The Kier molecular flexibility index (Phi) is 6.20. The lowest BCUT2D eigenvalue weighted by atomic mass is 10.1. The van der Waals surface area contributed by atoms with E-state index in [4.69, 9.17) is 4.98 Å². The Balaban J connectivity index is 1.14. The number of aromatic nitrogens is 6. The third-order valence-corrected chi connectivity index (χ3v) is 7.95. The molecule has 4 aromatic heterocycles. The molecule has 2 fully saturated rings. The minimum absolute atomic E-state index is 0.575. The summed E-state index contributed by atoms with van der Waals surface area (Å²) >= 11 is 1.64. The molecule has 4 aromatic rings. The molecule has 0 aromatic carbocycles. The van der Waals surface area contributed by atoms with Crippen molar-refractivity contribution >= 4 is 33.3 Å².